The van der Waals surface area contributed by atoms with Crippen molar-refractivity contribution in [2.24, 2.45) is 0 Å². The average Bonchev–Trinajstić information content (AvgIpc) is 3.22. The topological polar surface area (TPSA) is 71.8 Å². The van der Waals surface area contributed by atoms with Crippen LogP contribution in [0.2, 0.25) is 5.02 Å². The van der Waals surface area contributed by atoms with Gasteiger partial charge in [-0.1, -0.05) is 18.5 Å². The summed E-state index contributed by atoms with van der Waals surface area (Å²) in [5.74, 6) is -0.188. The molecule has 10 heteroatoms. The molecule has 33 heavy (non-hydrogen) atoms. The van der Waals surface area contributed by atoms with Crippen LogP contribution in [0.4, 0.5) is 18.9 Å². The number of benzene rings is 1. The van der Waals surface area contributed by atoms with Gasteiger partial charge in [-0.2, -0.15) is 18.3 Å². The van der Waals surface area contributed by atoms with Crippen LogP contribution in [0.3, 0.4) is 0 Å². The fraction of sp³-hybridized carbons (Fsp3) is 0.435. The predicted octanol–water partition coefficient (Wildman–Crippen LogP) is 5.67. The van der Waals surface area contributed by atoms with Crippen LogP contribution in [0.25, 0.3) is 10.9 Å². The van der Waals surface area contributed by atoms with E-state index in [9.17, 15) is 18.0 Å². The van der Waals surface area contributed by atoms with E-state index < -0.39 is 11.9 Å². The first-order chi connectivity index (χ1) is 15.7. The lowest BCUT2D eigenvalue weighted by Crippen LogP contribution is -2.42. The summed E-state index contributed by atoms with van der Waals surface area (Å²) in [6, 6.07) is 7.16. The van der Waals surface area contributed by atoms with Gasteiger partial charge in [0.15, 0.2) is 0 Å². The van der Waals surface area contributed by atoms with Crippen molar-refractivity contribution in [2.75, 3.05) is 5.32 Å². The van der Waals surface area contributed by atoms with Gasteiger partial charge in [-0.3, -0.25) is 9.48 Å². The molecule has 176 valence electrons. The highest BCUT2D eigenvalue weighted by Gasteiger charge is 2.34. The lowest BCUT2D eigenvalue weighted by Gasteiger charge is -2.31. The molecule has 2 heterocycles. The number of nitrogens with zero attached hydrogens (tertiary/aromatic N) is 3. The predicted molar refractivity (Wildman–Crippen MR) is 121 cm³/mol. The van der Waals surface area contributed by atoms with Gasteiger partial charge in [-0.15, -0.1) is 0 Å². The van der Waals surface area contributed by atoms with Crippen molar-refractivity contribution in [1.82, 2.24) is 20.1 Å². The molecule has 2 aromatic heterocycles. The van der Waals surface area contributed by atoms with E-state index in [4.69, 9.17) is 11.6 Å². The summed E-state index contributed by atoms with van der Waals surface area (Å²) >= 11 is 6.10. The van der Waals surface area contributed by atoms with Crippen molar-refractivity contribution in [1.29, 1.82) is 0 Å². The van der Waals surface area contributed by atoms with Crippen LogP contribution >= 0.6 is 11.6 Å². The quantitative estimate of drug-likeness (QED) is 0.478. The van der Waals surface area contributed by atoms with E-state index >= 15 is 0 Å². The molecule has 0 bridgehead atoms. The Morgan fingerprint density at radius 3 is 2.76 bits per heavy atom. The third kappa shape index (κ3) is 5.40. The van der Waals surface area contributed by atoms with Gasteiger partial charge >= 0.3 is 6.18 Å². The minimum atomic E-state index is -4.56. The van der Waals surface area contributed by atoms with Crippen molar-refractivity contribution in [3.63, 3.8) is 0 Å². The maximum atomic E-state index is 13.4. The smallest absolute Gasteiger partial charge is 0.382 e. The number of halogens is 4. The zero-order valence-electron chi connectivity index (χ0n) is 18.1. The molecule has 0 spiro atoms. The SMILES string of the molecule is CCCn1nccc1C(=O)N[C@@H]1CCC[C@H](Nc2cc(C(F)(F)F)nc3ccc(Cl)cc23)C1. The molecule has 1 aliphatic carbocycles. The maximum Gasteiger partial charge on any atom is 0.433 e. The Morgan fingerprint density at radius 1 is 1.21 bits per heavy atom. The van der Waals surface area contributed by atoms with Crippen molar-refractivity contribution in [3.8, 4) is 0 Å². The van der Waals surface area contributed by atoms with Crippen LogP contribution in [0.15, 0.2) is 36.5 Å². The number of fused-ring (bicyclic) bond motifs is 1. The molecule has 1 saturated carbocycles. The third-order valence-electron chi connectivity index (χ3n) is 5.81. The molecule has 1 aliphatic rings. The zero-order valence-corrected chi connectivity index (χ0v) is 18.9. The molecule has 0 radical (unpaired) electrons. The van der Waals surface area contributed by atoms with E-state index in [1.54, 1.807) is 23.0 Å². The van der Waals surface area contributed by atoms with Gasteiger partial charge in [0, 0.05) is 40.9 Å². The minimum absolute atomic E-state index is 0.0903. The van der Waals surface area contributed by atoms with Gasteiger partial charge in [0.25, 0.3) is 5.91 Å². The van der Waals surface area contributed by atoms with Gasteiger partial charge in [-0.25, -0.2) is 4.98 Å². The second-order valence-electron chi connectivity index (χ2n) is 8.33. The number of carbonyl (C=O) groups is 1. The number of amides is 1. The molecule has 1 fully saturated rings. The maximum absolute atomic E-state index is 13.4. The molecule has 4 rings (SSSR count). The third-order valence-corrected chi connectivity index (χ3v) is 6.05. The second kappa shape index (κ2) is 9.59. The summed E-state index contributed by atoms with van der Waals surface area (Å²) in [6.45, 7) is 2.67. The largest absolute Gasteiger partial charge is 0.433 e. The molecule has 2 N–H and O–H groups in total. The first-order valence-electron chi connectivity index (χ1n) is 11.0. The van der Waals surface area contributed by atoms with E-state index in [1.165, 1.54) is 12.1 Å². The highest BCUT2D eigenvalue weighted by Crippen LogP contribution is 2.35. The minimum Gasteiger partial charge on any atom is -0.382 e. The second-order valence-corrected chi connectivity index (χ2v) is 8.77. The molecule has 1 amide bonds. The van der Waals surface area contributed by atoms with E-state index in [-0.39, 0.29) is 23.5 Å². The van der Waals surface area contributed by atoms with E-state index in [0.29, 0.717) is 34.8 Å². The number of pyridine rings is 1. The first kappa shape index (κ1) is 23.4. The number of anilines is 1. The van der Waals surface area contributed by atoms with Crippen LogP contribution in [0.1, 0.15) is 55.2 Å². The van der Waals surface area contributed by atoms with Crippen LogP contribution in [-0.2, 0) is 12.7 Å². The number of rotatable bonds is 6. The van der Waals surface area contributed by atoms with E-state index in [1.807, 2.05) is 6.92 Å². The van der Waals surface area contributed by atoms with Crippen molar-refractivity contribution in [3.05, 3.63) is 52.9 Å². The summed E-state index contributed by atoms with van der Waals surface area (Å²) in [7, 11) is 0. The fourth-order valence-electron chi connectivity index (χ4n) is 4.31. The Labute approximate surface area is 194 Å². The lowest BCUT2D eigenvalue weighted by atomic mass is 9.90. The molecule has 0 aliphatic heterocycles. The number of carbonyl (C=O) groups excluding carboxylic acids is 1. The molecule has 1 aromatic carbocycles. The molecule has 6 nitrogen and oxygen atoms in total. The highest BCUT2D eigenvalue weighted by atomic mass is 35.5. The number of aromatic nitrogens is 3. The number of hydrogen-bond acceptors (Lipinski definition) is 4. The van der Waals surface area contributed by atoms with Gasteiger partial charge in [0.05, 0.1) is 5.52 Å². The summed E-state index contributed by atoms with van der Waals surface area (Å²) in [5, 5.41) is 11.5. The molecule has 3 aromatic rings. The van der Waals surface area contributed by atoms with E-state index in [0.717, 1.165) is 31.7 Å². The van der Waals surface area contributed by atoms with Crippen LogP contribution in [0, 0.1) is 0 Å². The summed E-state index contributed by atoms with van der Waals surface area (Å²) in [4.78, 5) is 16.5. The fourth-order valence-corrected chi connectivity index (χ4v) is 4.48. The summed E-state index contributed by atoms with van der Waals surface area (Å²) < 4.78 is 41.9. The van der Waals surface area contributed by atoms with Crippen LogP contribution in [-0.4, -0.2) is 32.8 Å². The molecule has 0 saturated heterocycles. The molecular weight excluding hydrogens is 455 g/mol. The molecular formula is C23H25ClF3N5O. The van der Waals surface area contributed by atoms with Crippen molar-refractivity contribution < 1.29 is 18.0 Å². The van der Waals surface area contributed by atoms with Gasteiger partial charge in [0.2, 0.25) is 0 Å². The molecule has 0 unspecified atom stereocenters. The molecule has 2 atom stereocenters. The Balaban J connectivity index is 1.52. The lowest BCUT2D eigenvalue weighted by molar-refractivity contribution is -0.140. The van der Waals surface area contributed by atoms with Crippen LogP contribution < -0.4 is 10.6 Å². The Morgan fingerprint density at radius 2 is 2.00 bits per heavy atom. The number of alkyl halides is 3. The standard InChI is InChI=1S/C23H25ClF3N5O/c1-2-10-32-20(8-9-28-32)22(33)30-16-5-3-4-15(12-16)29-19-13-21(23(25,26)27)31-18-7-6-14(24)11-17(18)19/h6-9,11,13,15-16H,2-5,10,12H2,1H3,(H,29,31)(H,30,33)/t15-,16+/m0/s1. The number of nitrogens with one attached hydrogen (secondary N) is 2. The van der Waals surface area contributed by atoms with Crippen molar-refractivity contribution in [2.45, 2.75) is 63.8 Å². The van der Waals surface area contributed by atoms with Crippen molar-refractivity contribution >= 4 is 34.1 Å². The summed E-state index contributed by atoms with van der Waals surface area (Å²) in [6.07, 6.45) is 0.935. The number of hydrogen-bond donors (Lipinski definition) is 2. The zero-order chi connectivity index (χ0) is 23.6. The van der Waals surface area contributed by atoms with Gasteiger partial charge in [-0.05, 0) is 62.4 Å². The number of aryl methyl sites for hydroxylation is 1. The van der Waals surface area contributed by atoms with E-state index in [2.05, 4.69) is 20.7 Å². The Hall–Kier alpha value is -2.81. The monoisotopic (exact) mass is 479 g/mol. The summed E-state index contributed by atoms with van der Waals surface area (Å²) in [5.41, 5.74) is 0.121. The first-order valence-corrected chi connectivity index (χ1v) is 11.4. The highest BCUT2D eigenvalue weighted by molar-refractivity contribution is 6.31. The van der Waals surface area contributed by atoms with Crippen LogP contribution in [0.5, 0.6) is 0 Å². The Kier molecular flexibility index (Phi) is 6.78. The average molecular weight is 480 g/mol. The normalized spacial score (nSPS) is 18.9. The van der Waals surface area contributed by atoms with Gasteiger partial charge < -0.3 is 10.6 Å². The Bertz CT molecular complexity index is 1150. The van der Waals surface area contributed by atoms with Gasteiger partial charge in [0.1, 0.15) is 11.4 Å².